The Balaban J connectivity index is 1.33. The predicted octanol–water partition coefficient (Wildman–Crippen LogP) is 3.05. The van der Waals surface area contributed by atoms with E-state index in [1.807, 2.05) is 48.5 Å². The summed E-state index contributed by atoms with van der Waals surface area (Å²) in [5.41, 5.74) is 4.41. The molecule has 1 atom stereocenters. The third kappa shape index (κ3) is 5.90. The highest BCUT2D eigenvalue weighted by atomic mass is 16.5. The second-order valence-electron chi connectivity index (χ2n) is 8.32. The molecule has 33 heavy (non-hydrogen) atoms. The van der Waals surface area contributed by atoms with Crippen LogP contribution >= 0.6 is 0 Å². The minimum Gasteiger partial charge on any atom is -0.481 e. The number of hydrogen-bond donors (Lipinski definition) is 3. The van der Waals surface area contributed by atoms with E-state index >= 15 is 0 Å². The van der Waals surface area contributed by atoms with Gasteiger partial charge in [-0.1, -0.05) is 48.5 Å². The summed E-state index contributed by atoms with van der Waals surface area (Å²) in [7, 11) is 0. The zero-order valence-corrected chi connectivity index (χ0v) is 18.3. The maximum Gasteiger partial charge on any atom is 0.407 e. The fraction of sp³-hybridized carbons (Fsp3) is 0.400. The highest BCUT2D eigenvalue weighted by Gasteiger charge is 2.30. The van der Waals surface area contributed by atoms with Crippen LogP contribution in [0.25, 0.3) is 11.1 Å². The molecule has 0 aromatic heterocycles. The number of carboxylic acid groups (broad SMARTS) is 1. The van der Waals surface area contributed by atoms with Gasteiger partial charge in [-0.2, -0.15) is 0 Å². The second-order valence-corrected chi connectivity index (χ2v) is 8.32. The van der Waals surface area contributed by atoms with Gasteiger partial charge < -0.3 is 25.2 Å². The van der Waals surface area contributed by atoms with Gasteiger partial charge in [0, 0.05) is 18.9 Å². The molecule has 2 aromatic carbocycles. The molecule has 0 radical (unpaired) electrons. The molecular weight excluding hydrogens is 424 g/mol. The number of benzene rings is 2. The molecule has 3 N–H and O–H groups in total. The molecule has 1 fully saturated rings. The fourth-order valence-electron chi connectivity index (χ4n) is 4.08. The lowest BCUT2D eigenvalue weighted by molar-refractivity contribution is -0.137. The third-order valence-corrected chi connectivity index (χ3v) is 5.88. The van der Waals surface area contributed by atoms with E-state index in [2.05, 4.69) is 10.6 Å². The molecule has 0 heterocycles. The molecule has 1 saturated carbocycles. The number of fused-ring (bicyclic) bond motifs is 3. The van der Waals surface area contributed by atoms with Gasteiger partial charge in [-0.3, -0.25) is 9.59 Å². The Bertz CT molecular complexity index is 974. The highest BCUT2D eigenvalue weighted by Crippen LogP contribution is 2.44. The molecule has 8 heteroatoms. The van der Waals surface area contributed by atoms with Gasteiger partial charge in [-0.25, -0.2) is 4.79 Å². The predicted molar refractivity (Wildman–Crippen MR) is 121 cm³/mol. The maximum atomic E-state index is 12.5. The summed E-state index contributed by atoms with van der Waals surface area (Å²) in [4.78, 5) is 36.0. The first-order valence-electron chi connectivity index (χ1n) is 11.3. The Kier molecular flexibility index (Phi) is 7.24. The Morgan fingerprint density at radius 2 is 1.64 bits per heavy atom. The maximum absolute atomic E-state index is 12.5. The van der Waals surface area contributed by atoms with Crippen molar-refractivity contribution in [1.29, 1.82) is 0 Å². The quantitative estimate of drug-likeness (QED) is 0.452. The van der Waals surface area contributed by atoms with Crippen LogP contribution in [0.15, 0.2) is 48.5 Å². The zero-order chi connectivity index (χ0) is 23.2. The lowest BCUT2D eigenvalue weighted by atomic mass is 9.98. The zero-order valence-electron chi connectivity index (χ0n) is 18.3. The topological polar surface area (TPSA) is 114 Å². The van der Waals surface area contributed by atoms with Crippen molar-refractivity contribution in [3.63, 3.8) is 0 Å². The Hall–Kier alpha value is -3.39. The van der Waals surface area contributed by atoms with Gasteiger partial charge in [0.15, 0.2) is 0 Å². The van der Waals surface area contributed by atoms with Gasteiger partial charge in [0.2, 0.25) is 5.91 Å². The molecule has 0 bridgehead atoms. The number of ether oxygens (including phenoxy) is 2. The summed E-state index contributed by atoms with van der Waals surface area (Å²) in [6.45, 7) is 0.792. The lowest BCUT2D eigenvalue weighted by Crippen LogP contribution is -2.48. The number of carbonyl (C=O) groups is 3. The first-order valence-corrected chi connectivity index (χ1v) is 11.3. The summed E-state index contributed by atoms with van der Waals surface area (Å²) < 4.78 is 11.0. The fourth-order valence-corrected chi connectivity index (χ4v) is 4.08. The van der Waals surface area contributed by atoms with Gasteiger partial charge in [0.05, 0.1) is 12.7 Å². The van der Waals surface area contributed by atoms with E-state index in [1.165, 1.54) is 0 Å². The van der Waals surface area contributed by atoms with E-state index in [0.29, 0.717) is 13.2 Å². The Morgan fingerprint density at radius 1 is 1.00 bits per heavy atom. The number of nitrogens with one attached hydrogen (secondary N) is 2. The number of amides is 2. The van der Waals surface area contributed by atoms with Crippen molar-refractivity contribution in [2.75, 3.05) is 19.8 Å². The smallest absolute Gasteiger partial charge is 0.407 e. The van der Waals surface area contributed by atoms with Crippen LogP contribution in [-0.4, -0.2) is 55.0 Å². The Labute approximate surface area is 192 Å². The third-order valence-electron chi connectivity index (χ3n) is 5.88. The van der Waals surface area contributed by atoms with E-state index in [9.17, 15) is 14.4 Å². The van der Waals surface area contributed by atoms with E-state index in [1.54, 1.807) is 0 Å². The van der Waals surface area contributed by atoms with E-state index in [0.717, 1.165) is 35.1 Å². The van der Waals surface area contributed by atoms with Crippen LogP contribution in [0.4, 0.5) is 4.79 Å². The standard InChI is InChI=1S/C25H28N2O6/c28-23(29)12-11-22(24(30)26-13-14-32-16-9-10-16)27-25(31)33-15-21-19-7-3-1-5-17(19)18-6-2-4-8-20(18)21/h1-8,16,21-22H,9-15H2,(H,26,30)(H,27,31)(H,28,29). The van der Waals surface area contributed by atoms with Gasteiger partial charge in [0.1, 0.15) is 12.6 Å². The molecule has 8 nitrogen and oxygen atoms in total. The van der Waals surface area contributed by atoms with Crippen molar-refractivity contribution in [3.8, 4) is 11.1 Å². The number of aliphatic carboxylic acids is 1. The first kappa shape index (κ1) is 22.8. The molecule has 0 saturated heterocycles. The minimum atomic E-state index is -1.04. The number of hydrogen-bond acceptors (Lipinski definition) is 5. The van der Waals surface area contributed by atoms with E-state index in [4.69, 9.17) is 14.6 Å². The molecule has 2 aromatic rings. The van der Waals surface area contributed by atoms with Crippen LogP contribution in [0, 0.1) is 0 Å². The van der Waals surface area contributed by atoms with Crippen LogP contribution in [-0.2, 0) is 19.1 Å². The number of rotatable bonds is 11. The van der Waals surface area contributed by atoms with Gasteiger partial charge in [0.25, 0.3) is 0 Å². The SMILES string of the molecule is O=C(O)CCC(NC(=O)OCC1c2ccccc2-c2ccccc21)C(=O)NCCOC1CC1. The number of carbonyl (C=O) groups excluding carboxylic acids is 2. The summed E-state index contributed by atoms with van der Waals surface area (Å²) in [5, 5.41) is 14.2. The summed E-state index contributed by atoms with van der Waals surface area (Å²) in [6, 6.07) is 15.0. The van der Waals surface area contributed by atoms with E-state index < -0.39 is 24.0 Å². The summed E-state index contributed by atoms with van der Waals surface area (Å²) in [6.07, 6.45) is 1.33. The minimum absolute atomic E-state index is 0.0329. The largest absolute Gasteiger partial charge is 0.481 e. The molecule has 0 spiro atoms. The van der Waals surface area contributed by atoms with Gasteiger partial charge in [-0.05, 0) is 41.5 Å². The van der Waals surface area contributed by atoms with Crippen LogP contribution in [0.5, 0.6) is 0 Å². The van der Waals surface area contributed by atoms with Crippen LogP contribution in [0.2, 0.25) is 0 Å². The van der Waals surface area contributed by atoms with Gasteiger partial charge >= 0.3 is 12.1 Å². The molecule has 1 unspecified atom stereocenters. The molecule has 2 aliphatic rings. The molecule has 0 aliphatic heterocycles. The van der Waals surface area contributed by atoms with Crippen LogP contribution in [0.3, 0.4) is 0 Å². The molecule has 2 amide bonds. The van der Waals surface area contributed by atoms with Crippen molar-refractivity contribution in [3.05, 3.63) is 59.7 Å². The van der Waals surface area contributed by atoms with Crippen molar-refractivity contribution in [1.82, 2.24) is 10.6 Å². The number of carboxylic acids is 1. The average molecular weight is 453 g/mol. The molecular formula is C25H28N2O6. The van der Waals surface area contributed by atoms with Crippen molar-refractivity contribution in [2.45, 2.75) is 43.7 Å². The monoisotopic (exact) mass is 452 g/mol. The second kappa shape index (κ2) is 10.5. The van der Waals surface area contributed by atoms with Crippen LogP contribution in [0.1, 0.15) is 42.7 Å². The molecule has 174 valence electrons. The molecule has 2 aliphatic carbocycles. The summed E-state index contributed by atoms with van der Waals surface area (Å²) >= 11 is 0. The van der Waals surface area contributed by atoms with Crippen LogP contribution < -0.4 is 10.6 Å². The van der Waals surface area contributed by atoms with Crippen molar-refractivity contribution >= 4 is 18.0 Å². The van der Waals surface area contributed by atoms with Crippen molar-refractivity contribution < 1.29 is 29.0 Å². The van der Waals surface area contributed by atoms with Crippen molar-refractivity contribution in [2.24, 2.45) is 0 Å². The van der Waals surface area contributed by atoms with Gasteiger partial charge in [-0.15, -0.1) is 0 Å². The number of alkyl carbamates (subject to hydrolysis) is 1. The molecule has 4 rings (SSSR count). The normalized spacial score (nSPS) is 15.3. The first-order chi connectivity index (χ1) is 16.0. The summed E-state index contributed by atoms with van der Waals surface area (Å²) in [5.74, 6) is -1.60. The average Bonchev–Trinajstić information content (AvgIpc) is 3.59. The lowest BCUT2D eigenvalue weighted by Gasteiger charge is -2.19. The Morgan fingerprint density at radius 3 is 2.24 bits per heavy atom. The van der Waals surface area contributed by atoms with E-state index in [-0.39, 0.29) is 31.5 Å². The highest BCUT2D eigenvalue weighted by molar-refractivity contribution is 5.86.